The lowest BCUT2D eigenvalue weighted by atomic mass is 10.0. The number of anilines is 2. The van der Waals surface area contributed by atoms with Crippen LogP contribution in [0.1, 0.15) is 58.8 Å². The summed E-state index contributed by atoms with van der Waals surface area (Å²) in [6, 6.07) is 15.7. The van der Waals surface area contributed by atoms with Crippen molar-refractivity contribution in [1.82, 2.24) is 0 Å². The molecule has 3 aliphatic rings. The highest BCUT2D eigenvalue weighted by atomic mass is 16.6. The lowest BCUT2D eigenvalue weighted by molar-refractivity contribution is 0.0569. The fourth-order valence-corrected chi connectivity index (χ4v) is 4.05. The van der Waals surface area contributed by atoms with Crippen molar-refractivity contribution in [1.29, 1.82) is 0 Å². The number of epoxide rings is 1. The second-order valence-corrected chi connectivity index (χ2v) is 10.8. The molecule has 2 amide bonds. The van der Waals surface area contributed by atoms with Crippen LogP contribution in [0.2, 0.25) is 0 Å². The van der Waals surface area contributed by atoms with E-state index in [1.807, 2.05) is 102 Å². The van der Waals surface area contributed by atoms with E-state index in [4.69, 9.17) is 14.2 Å². The van der Waals surface area contributed by atoms with Crippen LogP contribution in [-0.2, 0) is 14.2 Å². The Labute approximate surface area is 207 Å². The predicted molar refractivity (Wildman–Crippen MR) is 137 cm³/mol. The quantitative estimate of drug-likeness (QED) is 0.413. The molecule has 2 atom stereocenters. The third-order valence-electron chi connectivity index (χ3n) is 5.52. The van der Waals surface area contributed by atoms with E-state index in [-0.39, 0.29) is 24.4 Å². The van der Waals surface area contributed by atoms with Gasteiger partial charge in [-0.15, -0.1) is 0 Å². The highest BCUT2D eigenvalue weighted by Crippen LogP contribution is 2.48. The van der Waals surface area contributed by atoms with Gasteiger partial charge in [-0.05, 0) is 59.2 Å². The van der Waals surface area contributed by atoms with Crippen LogP contribution in [0, 0.1) is 0 Å². The van der Waals surface area contributed by atoms with Crippen LogP contribution in [0.3, 0.4) is 0 Å². The molecule has 1 fully saturated rings. The summed E-state index contributed by atoms with van der Waals surface area (Å²) >= 11 is 0. The zero-order valence-electron chi connectivity index (χ0n) is 21.3. The summed E-state index contributed by atoms with van der Waals surface area (Å²) in [5.74, 6) is 0. The molecule has 1 saturated heterocycles. The first-order valence-electron chi connectivity index (χ1n) is 11.9. The fraction of sp³-hybridized carbons (Fsp3) is 0.429. The molecule has 3 aliphatic heterocycles. The van der Waals surface area contributed by atoms with E-state index < -0.39 is 11.2 Å². The number of fused-ring (bicyclic) bond motifs is 4. The van der Waals surface area contributed by atoms with Gasteiger partial charge in [0.15, 0.2) is 0 Å². The molecule has 0 aliphatic carbocycles. The van der Waals surface area contributed by atoms with Crippen molar-refractivity contribution in [2.75, 3.05) is 22.9 Å². The zero-order valence-corrected chi connectivity index (χ0v) is 21.3. The minimum absolute atomic E-state index is 0.132. The molecule has 0 spiro atoms. The maximum atomic E-state index is 12.2. The molecular formula is C28H34N2O5. The minimum Gasteiger partial charge on any atom is -0.443 e. The molecule has 186 valence electrons. The molecule has 0 bridgehead atoms. The van der Waals surface area contributed by atoms with Gasteiger partial charge in [0.25, 0.3) is 0 Å². The Bertz CT molecular complexity index is 1130. The molecule has 0 aromatic heterocycles. The van der Waals surface area contributed by atoms with E-state index >= 15 is 0 Å². The summed E-state index contributed by atoms with van der Waals surface area (Å²) in [4.78, 5) is 27.6. The van der Waals surface area contributed by atoms with E-state index in [9.17, 15) is 9.59 Å². The van der Waals surface area contributed by atoms with E-state index in [1.54, 1.807) is 9.80 Å². The van der Waals surface area contributed by atoms with Crippen molar-refractivity contribution in [2.24, 2.45) is 0 Å². The highest BCUT2D eigenvalue weighted by Gasteiger charge is 2.48. The molecule has 0 radical (unpaired) electrons. The van der Waals surface area contributed by atoms with Crippen LogP contribution >= 0.6 is 0 Å². The number of benzene rings is 2. The number of carbonyl (C=O) groups is 2. The summed E-state index contributed by atoms with van der Waals surface area (Å²) in [6.07, 6.45) is 3.69. The molecule has 0 N–H and O–H groups in total. The Morgan fingerprint density at radius 2 is 1.40 bits per heavy atom. The van der Waals surface area contributed by atoms with E-state index in [2.05, 4.69) is 0 Å². The van der Waals surface area contributed by atoms with Crippen molar-refractivity contribution in [3.63, 3.8) is 0 Å². The Balaban J connectivity index is 0.000000165. The smallest absolute Gasteiger partial charge is 0.415 e. The van der Waals surface area contributed by atoms with Crippen molar-refractivity contribution in [2.45, 2.75) is 65.0 Å². The van der Waals surface area contributed by atoms with Gasteiger partial charge in [0.1, 0.15) is 23.4 Å². The standard InChI is InChI=1S/C14H17NO3.C14H17NO2/c1-14(2,3)18-13(16)15-8-11-12(17-11)9-6-4-5-7-10(9)15;1-14(2,3)17-13(16)15-10-6-8-11-7-4-5-9-12(11)15/h4-7,11-12H,8H2,1-3H3;4-9H,10H2,1-3H3. The molecule has 2 aromatic rings. The number of rotatable bonds is 0. The van der Waals surface area contributed by atoms with Gasteiger partial charge in [-0.2, -0.15) is 0 Å². The van der Waals surface area contributed by atoms with Crippen LogP contribution in [0.5, 0.6) is 0 Å². The summed E-state index contributed by atoms with van der Waals surface area (Å²) < 4.78 is 16.4. The number of para-hydroxylation sites is 2. The normalized spacial score (nSPS) is 19.9. The SMILES string of the molecule is CC(C)(C)OC(=O)N1CC2OC2c2ccccc21.CC(C)(C)OC(=O)N1CC=Cc2ccccc21. The van der Waals surface area contributed by atoms with Gasteiger partial charge < -0.3 is 14.2 Å². The van der Waals surface area contributed by atoms with Crippen LogP contribution in [-0.4, -0.2) is 42.6 Å². The Kier molecular flexibility index (Phi) is 6.64. The third kappa shape index (κ3) is 6.03. The number of nitrogens with zero attached hydrogens (tertiary/aromatic N) is 2. The lowest BCUT2D eigenvalue weighted by Gasteiger charge is -2.30. The topological polar surface area (TPSA) is 71.6 Å². The Morgan fingerprint density at radius 1 is 0.829 bits per heavy atom. The van der Waals surface area contributed by atoms with E-state index in [0.717, 1.165) is 22.5 Å². The Hall–Kier alpha value is -3.32. The van der Waals surface area contributed by atoms with E-state index in [1.165, 1.54) is 0 Å². The van der Waals surface area contributed by atoms with Crippen LogP contribution in [0.4, 0.5) is 21.0 Å². The summed E-state index contributed by atoms with van der Waals surface area (Å²) in [5, 5.41) is 0. The van der Waals surface area contributed by atoms with Gasteiger partial charge in [-0.3, -0.25) is 9.80 Å². The zero-order chi connectivity index (χ0) is 25.4. The van der Waals surface area contributed by atoms with Gasteiger partial charge in [0.05, 0.1) is 17.9 Å². The fourth-order valence-electron chi connectivity index (χ4n) is 4.05. The van der Waals surface area contributed by atoms with Crippen LogP contribution in [0.15, 0.2) is 54.6 Å². The van der Waals surface area contributed by atoms with Gasteiger partial charge in [-0.25, -0.2) is 9.59 Å². The number of ether oxygens (including phenoxy) is 3. The average molecular weight is 479 g/mol. The maximum Gasteiger partial charge on any atom is 0.415 e. The summed E-state index contributed by atoms with van der Waals surface area (Å²) in [5.41, 5.74) is 3.00. The molecule has 7 nitrogen and oxygen atoms in total. The van der Waals surface area contributed by atoms with Crippen molar-refractivity contribution in [3.05, 3.63) is 65.7 Å². The Morgan fingerprint density at radius 3 is 2.06 bits per heavy atom. The average Bonchev–Trinajstić information content (AvgIpc) is 3.56. The molecular weight excluding hydrogens is 444 g/mol. The van der Waals surface area contributed by atoms with Gasteiger partial charge >= 0.3 is 12.2 Å². The number of amides is 2. The monoisotopic (exact) mass is 478 g/mol. The molecule has 3 heterocycles. The number of carbonyl (C=O) groups excluding carboxylic acids is 2. The van der Waals surface area contributed by atoms with Gasteiger partial charge in [0.2, 0.25) is 0 Å². The first-order chi connectivity index (χ1) is 16.4. The number of hydrogen-bond donors (Lipinski definition) is 0. The predicted octanol–water partition coefficient (Wildman–Crippen LogP) is 6.34. The van der Waals surface area contributed by atoms with Crippen molar-refractivity contribution < 1.29 is 23.8 Å². The van der Waals surface area contributed by atoms with Crippen molar-refractivity contribution >= 4 is 29.6 Å². The maximum absolute atomic E-state index is 12.2. The molecule has 7 heteroatoms. The van der Waals surface area contributed by atoms with Gasteiger partial charge in [0, 0.05) is 12.1 Å². The minimum atomic E-state index is -0.479. The number of hydrogen-bond acceptors (Lipinski definition) is 5. The molecule has 0 saturated carbocycles. The molecule has 2 aromatic carbocycles. The molecule has 35 heavy (non-hydrogen) atoms. The first-order valence-corrected chi connectivity index (χ1v) is 11.9. The van der Waals surface area contributed by atoms with Crippen LogP contribution < -0.4 is 9.80 Å². The summed E-state index contributed by atoms with van der Waals surface area (Å²) in [6.45, 7) is 12.4. The third-order valence-corrected chi connectivity index (χ3v) is 5.52. The highest BCUT2D eigenvalue weighted by molar-refractivity contribution is 5.93. The van der Waals surface area contributed by atoms with Gasteiger partial charge in [-0.1, -0.05) is 48.6 Å². The van der Waals surface area contributed by atoms with E-state index in [0.29, 0.717) is 13.1 Å². The summed E-state index contributed by atoms with van der Waals surface area (Å²) in [7, 11) is 0. The largest absolute Gasteiger partial charge is 0.443 e. The first kappa shape index (κ1) is 24.8. The molecule has 5 rings (SSSR count). The molecule has 2 unspecified atom stereocenters. The lowest BCUT2D eigenvalue weighted by Crippen LogP contribution is -2.41. The van der Waals surface area contributed by atoms with Crippen molar-refractivity contribution in [3.8, 4) is 0 Å². The van der Waals surface area contributed by atoms with Crippen LogP contribution in [0.25, 0.3) is 6.08 Å². The second kappa shape index (κ2) is 9.38. The second-order valence-electron chi connectivity index (χ2n) is 10.8.